The van der Waals surface area contributed by atoms with Crippen molar-refractivity contribution < 1.29 is 72.2 Å². The molecule has 412 valence electrons. The third kappa shape index (κ3) is 17.0. The fourth-order valence-electron chi connectivity index (χ4n) is 10.8. The average molecular weight is 1040 g/mol. The van der Waals surface area contributed by atoms with Crippen molar-refractivity contribution in [1.29, 1.82) is 0 Å². The number of nitrogens with zero attached hydrogens (tertiary/aromatic N) is 1. The molecule has 3 aliphatic heterocycles. The molecule has 4 aliphatic rings. The van der Waals surface area contributed by atoms with Crippen LogP contribution < -0.4 is 5.32 Å². The Morgan fingerprint density at radius 1 is 0.919 bits per heavy atom. The van der Waals surface area contributed by atoms with E-state index in [1.54, 1.807) is 66.0 Å². The lowest BCUT2D eigenvalue weighted by molar-refractivity contribution is -0.264. The number of piperidine rings is 1. The first-order valence-corrected chi connectivity index (χ1v) is 26.5. The van der Waals surface area contributed by atoms with E-state index in [0.717, 1.165) is 4.90 Å². The van der Waals surface area contributed by atoms with Gasteiger partial charge in [-0.2, -0.15) is 0 Å². The smallest absolute Gasteiger partial charge is 0.407 e. The van der Waals surface area contributed by atoms with Crippen molar-refractivity contribution in [2.75, 3.05) is 27.9 Å². The zero-order valence-electron chi connectivity index (χ0n) is 45.4. The van der Waals surface area contributed by atoms with Crippen LogP contribution in [0.2, 0.25) is 0 Å². The molecule has 4 rings (SSSR count). The van der Waals surface area contributed by atoms with E-state index in [1.165, 1.54) is 14.2 Å². The maximum atomic E-state index is 14.6. The Labute approximate surface area is 438 Å². The van der Waals surface area contributed by atoms with Crippen LogP contribution in [-0.2, 0) is 57.2 Å². The van der Waals surface area contributed by atoms with Crippen LogP contribution in [0.4, 0.5) is 4.79 Å². The molecule has 3 heterocycles. The first-order chi connectivity index (χ1) is 35.1. The van der Waals surface area contributed by atoms with Gasteiger partial charge in [-0.15, -0.1) is 12.3 Å². The lowest BCUT2D eigenvalue weighted by Gasteiger charge is -2.43. The zero-order chi connectivity index (χ0) is 54.9. The van der Waals surface area contributed by atoms with Crippen LogP contribution in [-0.4, -0.2) is 139 Å². The van der Waals surface area contributed by atoms with E-state index < -0.39 is 108 Å². The number of ketones is 3. The topological polar surface area (TPSA) is 231 Å². The summed E-state index contributed by atoms with van der Waals surface area (Å²) in [5.74, 6) is -6.78. The Bertz CT molecular complexity index is 2130. The molecule has 2 bridgehead atoms. The molecule has 0 radical (unpaired) electrons. The Hall–Kier alpha value is -4.99. The molecule has 17 heteroatoms. The Morgan fingerprint density at radius 3 is 2.32 bits per heavy atom. The van der Waals surface area contributed by atoms with Gasteiger partial charge in [0.05, 0.1) is 31.8 Å². The van der Waals surface area contributed by atoms with Crippen molar-refractivity contribution in [3.63, 3.8) is 0 Å². The summed E-state index contributed by atoms with van der Waals surface area (Å²) in [4.78, 5) is 97.6. The first-order valence-electron chi connectivity index (χ1n) is 26.5. The van der Waals surface area contributed by atoms with E-state index in [0.29, 0.717) is 68.9 Å². The predicted octanol–water partition coefficient (Wildman–Crippen LogP) is 6.85. The van der Waals surface area contributed by atoms with Gasteiger partial charge in [-0.25, -0.2) is 9.59 Å². The number of aliphatic hydroxyl groups excluding tert-OH is 1. The normalized spacial score (nSPS) is 36.6. The molecule has 1 unspecified atom stereocenters. The third-order valence-electron chi connectivity index (χ3n) is 15.5. The molecule has 0 aromatic carbocycles. The summed E-state index contributed by atoms with van der Waals surface area (Å²) < 4.78 is 34.5. The van der Waals surface area contributed by atoms with Gasteiger partial charge in [0.1, 0.15) is 36.2 Å². The lowest BCUT2D eigenvalue weighted by Crippen LogP contribution is -2.61. The summed E-state index contributed by atoms with van der Waals surface area (Å²) in [5.41, 5.74) is 1.06. The quantitative estimate of drug-likeness (QED) is 0.0705. The number of hydrogen-bond acceptors (Lipinski definition) is 15. The van der Waals surface area contributed by atoms with E-state index >= 15 is 0 Å². The lowest BCUT2D eigenvalue weighted by atomic mass is 9.78. The molecule has 17 nitrogen and oxygen atoms in total. The Balaban J connectivity index is 1.72. The van der Waals surface area contributed by atoms with Gasteiger partial charge in [0.2, 0.25) is 5.79 Å². The van der Waals surface area contributed by atoms with Gasteiger partial charge < -0.3 is 48.9 Å². The molecule has 15 atom stereocenters. The van der Waals surface area contributed by atoms with Crippen molar-refractivity contribution in [3.8, 4) is 12.3 Å². The molecule has 74 heavy (non-hydrogen) atoms. The second-order valence-corrected chi connectivity index (χ2v) is 21.2. The second kappa shape index (κ2) is 29.3. The van der Waals surface area contributed by atoms with Crippen molar-refractivity contribution in [3.05, 3.63) is 47.6 Å². The number of nitrogens with one attached hydrogen (secondary N) is 1. The number of carbonyl (C=O) groups is 7. The van der Waals surface area contributed by atoms with E-state index in [2.05, 4.69) is 11.2 Å². The molecule has 0 aromatic heterocycles. The van der Waals surface area contributed by atoms with Crippen LogP contribution in [0.15, 0.2) is 47.6 Å². The molecule has 3 N–H and O–H groups in total. The number of ether oxygens (including phenoxy) is 6. The minimum absolute atomic E-state index is 0.0226. The molecule has 1 aliphatic carbocycles. The number of carbonyl (C=O) groups excluding carboxylic acids is 7. The molecular weight excluding hydrogens is 953 g/mol. The van der Waals surface area contributed by atoms with Gasteiger partial charge in [0.15, 0.2) is 5.78 Å². The Morgan fingerprint density at radius 2 is 1.65 bits per heavy atom. The summed E-state index contributed by atoms with van der Waals surface area (Å²) in [7, 11) is 4.15. The van der Waals surface area contributed by atoms with Gasteiger partial charge in [-0.1, -0.05) is 76.6 Å². The van der Waals surface area contributed by atoms with Gasteiger partial charge in [-0.05, 0) is 108 Å². The standard InChI is InChI=1S/C57H84N2O15/c1-12-13-22-49(61)72-46-26-24-41(31-48(46)69-9)30-37(5)47-33-45(60)36(4)29-39(7)51(63)52(70-10)50(62)38(6)28-34(2)19-15-14-16-20-35(3)43(58-56(67)71-11)32-42-25-23-40(8)57(68,74-42)53(64)54(65)59-27-18-17-21-44(59)55(66)73-47/h1,14-16,19-20,29,34,36-38,40-44,46-48,51-52,63,68H,13,17-18,21-28,30-33H2,2-11H3,(H,58,67)/b16-14+,19-15+,35-20+,39-29+/t34-,36-,37-,38-,40-,41+,42+,43?,44+,46-,47+,48-,51-,52+,57-/m1/s1. The highest BCUT2D eigenvalue weighted by molar-refractivity contribution is 6.39. The van der Waals surface area contributed by atoms with Crippen molar-refractivity contribution in [2.24, 2.45) is 35.5 Å². The summed E-state index contributed by atoms with van der Waals surface area (Å²) in [6.45, 7) is 12.4. The zero-order valence-corrected chi connectivity index (χ0v) is 45.4. The fraction of sp³-hybridized carbons (Fsp3) is 0.702. The summed E-state index contributed by atoms with van der Waals surface area (Å²) in [6, 6.07) is -1.88. The number of amides is 2. The third-order valence-corrected chi connectivity index (χ3v) is 15.5. The van der Waals surface area contributed by atoms with Gasteiger partial charge in [0.25, 0.3) is 11.7 Å². The van der Waals surface area contributed by atoms with Crippen LogP contribution in [0.1, 0.15) is 138 Å². The molecule has 0 aromatic rings. The van der Waals surface area contributed by atoms with Crippen molar-refractivity contribution in [1.82, 2.24) is 10.2 Å². The maximum Gasteiger partial charge on any atom is 0.407 e. The van der Waals surface area contributed by atoms with Crippen molar-refractivity contribution in [2.45, 2.75) is 193 Å². The fourth-order valence-corrected chi connectivity index (χ4v) is 10.8. The highest BCUT2D eigenvalue weighted by Gasteiger charge is 2.53. The SMILES string of the molecule is C#CCCC(=O)O[C@@H]1CC[C@@H](C[C@@H](C)[C@@H]2CC(=O)[C@H](C)/C=C(\C)[C@@H](O)[C@@H](OC)C(=O)[C@H](C)C[C@H](C)/C=C/C=C/C=C(\C)C(NC(=O)OC)C[C@@H]3CC[C@@H](C)[C@@](O)(O3)C(=O)C(=O)N3CCCC[C@H]3C(=O)O2)C[C@H]1OC. The number of fused-ring (bicyclic) bond motifs is 3. The number of esters is 2. The van der Waals surface area contributed by atoms with Gasteiger partial charge in [0, 0.05) is 51.4 Å². The highest BCUT2D eigenvalue weighted by Crippen LogP contribution is 2.38. The van der Waals surface area contributed by atoms with Crippen LogP contribution in [0.3, 0.4) is 0 Å². The largest absolute Gasteiger partial charge is 0.460 e. The molecule has 2 amide bonds. The minimum Gasteiger partial charge on any atom is -0.460 e. The van der Waals surface area contributed by atoms with Crippen LogP contribution in [0, 0.1) is 47.9 Å². The number of alkyl carbamates (subject to hydrolysis) is 1. The number of hydrogen-bond donors (Lipinski definition) is 3. The van der Waals surface area contributed by atoms with Gasteiger partial charge >= 0.3 is 18.0 Å². The molecule has 3 fully saturated rings. The number of Topliss-reactive ketones (excluding diaryl/α,β-unsaturated/α-hetero) is 3. The number of methoxy groups -OCH3 is 3. The second-order valence-electron chi connectivity index (χ2n) is 21.2. The summed E-state index contributed by atoms with van der Waals surface area (Å²) in [5, 5.41) is 26.4. The number of aliphatic hydroxyl groups is 2. The first kappa shape index (κ1) is 61.6. The number of allylic oxidation sites excluding steroid dienone is 6. The molecule has 0 spiro atoms. The minimum atomic E-state index is -2.55. The number of terminal acetylenes is 1. The maximum absolute atomic E-state index is 14.6. The van der Waals surface area contributed by atoms with Crippen molar-refractivity contribution >= 4 is 41.3 Å². The molecular formula is C57H84N2O15. The van der Waals surface area contributed by atoms with E-state index in [9.17, 15) is 43.8 Å². The monoisotopic (exact) mass is 1040 g/mol. The highest BCUT2D eigenvalue weighted by atomic mass is 16.6. The van der Waals surface area contributed by atoms with E-state index in [1.807, 2.05) is 26.0 Å². The van der Waals surface area contributed by atoms with Crippen LogP contribution in [0.25, 0.3) is 0 Å². The van der Waals surface area contributed by atoms with Crippen LogP contribution >= 0.6 is 0 Å². The number of cyclic esters (lactones) is 1. The summed E-state index contributed by atoms with van der Waals surface area (Å²) in [6.07, 6.45) is 14.9. The summed E-state index contributed by atoms with van der Waals surface area (Å²) >= 11 is 0. The Kier molecular flexibility index (Phi) is 24.4. The average Bonchev–Trinajstić information content (AvgIpc) is 3.37. The van der Waals surface area contributed by atoms with Gasteiger partial charge in [-0.3, -0.25) is 24.0 Å². The number of rotatable bonds is 9. The molecule has 1 saturated carbocycles. The molecule has 2 saturated heterocycles. The predicted molar refractivity (Wildman–Crippen MR) is 276 cm³/mol. The van der Waals surface area contributed by atoms with Crippen LogP contribution in [0.5, 0.6) is 0 Å². The van der Waals surface area contributed by atoms with E-state index in [4.69, 9.17) is 34.8 Å². The van der Waals surface area contributed by atoms with E-state index in [-0.39, 0.29) is 62.1 Å².